The van der Waals surface area contributed by atoms with Crippen molar-refractivity contribution in [3.05, 3.63) is 5.82 Å². The molecule has 3 amide bonds. The van der Waals surface area contributed by atoms with Gasteiger partial charge >= 0.3 is 6.03 Å². The van der Waals surface area contributed by atoms with Gasteiger partial charge in [0.25, 0.3) is 0 Å². The van der Waals surface area contributed by atoms with Gasteiger partial charge in [-0.1, -0.05) is 11.8 Å². The van der Waals surface area contributed by atoms with Gasteiger partial charge in [0.2, 0.25) is 5.91 Å². The van der Waals surface area contributed by atoms with E-state index < -0.39 is 11.3 Å². The Hall–Kier alpha value is -1.57. The SMILES string of the molecule is C[C@@H](Sc1nnc(C2CC2)n1C)C(=O)NC(=O)NC(C)(C)C. The fraction of sp³-hybridized carbons (Fsp3) is 0.714. The number of hydrogen-bond donors (Lipinski definition) is 2. The van der Waals surface area contributed by atoms with Crippen molar-refractivity contribution in [3.63, 3.8) is 0 Å². The van der Waals surface area contributed by atoms with Crippen LogP contribution in [0.15, 0.2) is 5.16 Å². The van der Waals surface area contributed by atoms with E-state index in [4.69, 9.17) is 0 Å². The molecule has 1 fully saturated rings. The molecule has 0 aromatic carbocycles. The molecule has 0 aliphatic heterocycles. The van der Waals surface area contributed by atoms with Crippen molar-refractivity contribution in [2.45, 2.75) is 62.4 Å². The Balaban J connectivity index is 1.90. The van der Waals surface area contributed by atoms with Crippen molar-refractivity contribution in [3.8, 4) is 0 Å². The lowest BCUT2D eigenvalue weighted by Gasteiger charge is -2.21. The number of imide groups is 1. The van der Waals surface area contributed by atoms with Gasteiger partial charge in [0.1, 0.15) is 5.82 Å². The van der Waals surface area contributed by atoms with Crippen LogP contribution in [-0.2, 0) is 11.8 Å². The molecule has 1 heterocycles. The molecule has 2 rings (SSSR count). The topological polar surface area (TPSA) is 88.9 Å². The third-order valence-corrected chi connectivity index (χ3v) is 4.32. The monoisotopic (exact) mass is 325 g/mol. The lowest BCUT2D eigenvalue weighted by molar-refractivity contribution is -0.119. The first kappa shape index (κ1) is 16.8. The minimum absolute atomic E-state index is 0.345. The summed E-state index contributed by atoms with van der Waals surface area (Å²) in [6.45, 7) is 7.31. The predicted octanol–water partition coefficient (Wildman–Crippen LogP) is 1.80. The van der Waals surface area contributed by atoms with Gasteiger partial charge in [-0.2, -0.15) is 0 Å². The highest BCUT2D eigenvalue weighted by Crippen LogP contribution is 2.39. The van der Waals surface area contributed by atoms with Crippen LogP contribution in [0.1, 0.15) is 52.3 Å². The number of hydrogen-bond acceptors (Lipinski definition) is 5. The molecular formula is C14H23N5O2S. The third kappa shape index (κ3) is 4.46. The minimum atomic E-state index is -0.485. The number of aromatic nitrogens is 3. The Bertz CT molecular complexity index is 574. The van der Waals surface area contributed by atoms with E-state index >= 15 is 0 Å². The van der Waals surface area contributed by atoms with Gasteiger partial charge in [0.05, 0.1) is 5.25 Å². The summed E-state index contributed by atoms with van der Waals surface area (Å²) in [5, 5.41) is 13.6. The van der Waals surface area contributed by atoms with Gasteiger partial charge in [-0.15, -0.1) is 10.2 Å². The lowest BCUT2D eigenvalue weighted by atomic mass is 10.1. The summed E-state index contributed by atoms with van der Waals surface area (Å²) < 4.78 is 1.93. The molecule has 122 valence electrons. The average molecular weight is 325 g/mol. The number of nitrogens with zero attached hydrogens (tertiary/aromatic N) is 3. The van der Waals surface area contributed by atoms with Crippen molar-refractivity contribution >= 4 is 23.7 Å². The number of rotatable bonds is 4. The highest BCUT2D eigenvalue weighted by Gasteiger charge is 2.30. The third-order valence-electron chi connectivity index (χ3n) is 3.19. The molecule has 8 heteroatoms. The highest BCUT2D eigenvalue weighted by molar-refractivity contribution is 8.00. The second-order valence-electron chi connectivity index (χ2n) is 6.63. The van der Waals surface area contributed by atoms with Gasteiger partial charge in [-0.3, -0.25) is 10.1 Å². The molecule has 22 heavy (non-hydrogen) atoms. The Labute approximate surface area is 134 Å². The second kappa shape index (κ2) is 6.28. The van der Waals surface area contributed by atoms with Crippen molar-refractivity contribution in [2.24, 2.45) is 7.05 Å². The Morgan fingerprint density at radius 1 is 1.32 bits per heavy atom. The second-order valence-corrected chi connectivity index (χ2v) is 7.94. The Morgan fingerprint density at radius 2 is 1.95 bits per heavy atom. The predicted molar refractivity (Wildman–Crippen MR) is 84.7 cm³/mol. The van der Waals surface area contributed by atoms with E-state index in [2.05, 4.69) is 20.8 Å². The molecule has 1 aromatic rings. The van der Waals surface area contributed by atoms with Crippen LogP contribution in [0.25, 0.3) is 0 Å². The lowest BCUT2D eigenvalue weighted by Crippen LogP contribution is -2.49. The Morgan fingerprint density at radius 3 is 2.50 bits per heavy atom. The first-order chi connectivity index (χ1) is 10.2. The summed E-state index contributed by atoms with van der Waals surface area (Å²) in [5.74, 6) is 1.14. The molecule has 0 spiro atoms. The molecule has 1 aromatic heterocycles. The smallest absolute Gasteiger partial charge is 0.321 e. The summed E-state index contributed by atoms with van der Waals surface area (Å²) in [7, 11) is 1.91. The average Bonchev–Trinajstić information content (AvgIpc) is 3.14. The molecule has 1 aliphatic carbocycles. The largest absolute Gasteiger partial charge is 0.333 e. The van der Waals surface area contributed by atoms with Crippen LogP contribution in [0.2, 0.25) is 0 Å². The van der Waals surface area contributed by atoms with Crippen molar-refractivity contribution in [2.75, 3.05) is 0 Å². The van der Waals surface area contributed by atoms with E-state index in [0.29, 0.717) is 11.1 Å². The number of carbonyl (C=O) groups excluding carboxylic acids is 2. The van der Waals surface area contributed by atoms with Crippen LogP contribution in [-0.4, -0.2) is 37.5 Å². The molecule has 1 atom stereocenters. The first-order valence-electron chi connectivity index (χ1n) is 7.36. The number of thioether (sulfide) groups is 1. The highest BCUT2D eigenvalue weighted by atomic mass is 32.2. The number of nitrogens with one attached hydrogen (secondary N) is 2. The van der Waals surface area contributed by atoms with E-state index in [1.807, 2.05) is 32.4 Å². The van der Waals surface area contributed by atoms with E-state index in [0.717, 1.165) is 18.7 Å². The van der Waals surface area contributed by atoms with Gasteiger partial charge < -0.3 is 9.88 Å². The summed E-state index contributed by atoms with van der Waals surface area (Å²) >= 11 is 1.30. The fourth-order valence-electron chi connectivity index (χ4n) is 1.92. The minimum Gasteiger partial charge on any atom is -0.333 e. The maximum atomic E-state index is 12.1. The van der Waals surface area contributed by atoms with Crippen molar-refractivity contribution in [1.82, 2.24) is 25.4 Å². The summed E-state index contributed by atoms with van der Waals surface area (Å²) in [5.41, 5.74) is -0.385. The van der Waals surface area contributed by atoms with Crippen LogP contribution in [0, 0.1) is 0 Å². The van der Waals surface area contributed by atoms with E-state index in [9.17, 15) is 9.59 Å². The molecule has 1 saturated carbocycles. The Kier molecular flexibility index (Phi) is 4.79. The quantitative estimate of drug-likeness (QED) is 0.824. The molecule has 0 radical (unpaired) electrons. The maximum Gasteiger partial charge on any atom is 0.321 e. The molecular weight excluding hydrogens is 302 g/mol. The van der Waals surface area contributed by atoms with Gasteiger partial charge in [-0.25, -0.2) is 4.79 Å². The standard InChI is InChI=1S/C14H23N5O2S/c1-8(11(20)15-12(21)16-14(2,3)4)22-13-18-17-10(19(13)5)9-6-7-9/h8-9H,6-7H2,1-5H3,(H2,15,16,20,21)/t8-/m1/s1. The van der Waals surface area contributed by atoms with Crippen LogP contribution in [0.5, 0.6) is 0 Å². The zero-order valence-corrected chi connectivity index (χ0v) is 14.5. The van der Waals surface area contributed by atoms with Gasteiger partial charge in [0.15, 0.2) is 5.16 Å². The zero-order valence-electron chi connectivity index (χ0n) is 13.6. The van der Waals surface area contributed by atoms with Crippen molar-refractivity contribution < 1.29 is 9.59 Å². The maximum absolute atomic E-state index is 12.1. The van der Waals surface area contributed by atoms with E-state index in [-0.39, 0.29) is 11.4 Å². The van der Waals surface area contributed by atoms with Gasteiger partial charge in [0, 0.05) is 18.5 Å². The molecule has 7 nitrogen and oxygen atoms in total. The summed E-state index contributed by atoms with van der Waals surface area (Å²) in [6.07, 6.45) is 2.30. The summed E-state index contributed by atoms with van der Waals surface area (Å²) in [6, 6.07) is -0.485. The molecule has 0 unspecified atom stereocenters. The van der Waals surface area contributed by atoms with E-state index in [1.165, 1.54) is 11.8 Å². The molecule has 2 N–H and O–H groups in total. The van der Waals surface area contributed by atoms with Crippen molar-refractivity contribution in [1.29, 1.82) is 0 Å². The fourth-order valence-corrected chi connectivity index (χ4v) is 2.74. The van der Waals surface area contributed by atoms with Crippen LogP contribution in [0.3, 0.4) is 0 Å². The van der Waals surface area contributed by atoms with Crippen LogP contribution >= 0.6 is 11.8 Å². The van der Waals surface area contributed by atoms with Crippen LogP contribution < -0.4 is 10.6 Å². The normalized spacial score (nSPS) is 16.2. The first-order valence-corrected chi connectivity index (χ1v) is 8.24. The summed E-state index contributed by atoms with van der Waals surface area (Å²) in [4.78, 5) is 23.8. The van der Waals surface area contributed by atoms with Crippen LogP contribution in [0.4, 0.5) is 4.79 Å². The number of urea groups is 1. The van der Waals surface area contributed by atoms with Gasteiger partial charge in [-0.05, 0) is 40.5 Å². The number of amides is 3. The molecule has 0 bridgehead atoms. The van der Waals surface area contributed by atoms with E-state index in [1.54, 1.807) is 6.92 Å². The number of carbonyl (C=O) groups is 2. The molecule has 1 aliphatic rings. The molecule has 0 saturated heterocycles. The zero-order chi connectivity index (χ0) is 16.5.